The summed E-state index contributed by atoms with van der Waals surface area (Å²) >= 11 is 1.51. The highest BCUT2D eigenvalue weighted by Gasteiger charge is 2.26. The molecule has 0 aliphatic carbocycles. The van der Waals surface area contributed by atoms with Crippen molar-refractivity contribution in [1.82, 2.24) is 5.32 Å². The molecule has 2 aromatic carbocycles. The smallest absolute Gasteiger partial charge is 0.337 e. The van der Waals surface area contributed by atoms with Gasteiger partial charge in [-0.25, -0.2) is 4.79 Å². The Morgan fingerprint density at radius 1 is 1.12 bits per heavy atom. The number of esters is 1. The first kappa shape index (κ1) is 18.1. The maximum atomic E-state index is 12.3. The first-order valence-corrected chi connectivity index (χ1v) is 8.90. The molecule has 26 heavy (non-hydrogen) atoms. The second kappa shape index (κ2) is 7.27. The monoisotopic (exact) mass is 369 g/mol. The van der Waals surface area contributed by atoms with Gasteiger partial charge < -0.3 is 15.2 Å². The van der Waals surface area contributed by atoms with Crippen molar-refractivity contribution in [3.05, 3.63) is 70.6 Å². The van der Waals surface area contributed by atoms with Crippen LogP contribution in [0.5, 0.6) is 0 Å². The summed E-state index contributed by atoms with van der Waals surface area (Å²) in [4.78, 5) is 24.5. The molecular weight excluding hydrogens is 350 g/mol. The van der Waals surface area contributed by atoms with E-state index in [2.05, 4.69) is 10.1 Å². The average molecular weight is 369 g/mol. The van der Waals surface area contributed by atoms with Crippen LogP contribution >= 0.6 is 11.3 Å². The highest BCUT2D eigenvalue weighted by atomic mass is 32.1. The molecule has 1 amide bonds. The molecule has 1 atom stereocenters. The minimum Gasteiger partial charge on any atom is -0.465 e. The molecular formula is C20H19NO4S. The van der Waals surface area contributed by atoms with Gasteiger partial charge in [-0.1, -0.05) is 18.2 Å². The van der Waals surface area contributed by atoms with E-state index in [-0.39, 0.29) is 12.5 Å². The van der Waals surface area contributed by atoms with E-state index in [4.69, 9.17) is 0 Å². The van der Waals surface area contributed by atoms with Crippen molar-refractivity contribution in [2.75, 3.05) is 13.7 Å². The normalized spacial score (nSPS) is 13.2. The van der Waals surface area contributed by atoms with E-state index >= 15 is 0 Å². The molecule has 1 aromatic heterocycles. The molecule has 0 saturated heterocycles. The van der Waals surface area contributed by atoms with Crippen LogP contribution in [0, 0.1) is 0 Å². The van der Waals surface area contributed by atoms with Crippen LogP contribution in [0.1, 0.15) is 32.5 Å². The number of benzene rings is 2. The van der Waals surface area contributed by atoms with Crippen molar-refractivity contribution >= 4 is 33.3 Å². The minimum absolute atomic E-state index is 0.0808. The number of thiophene rings is 1. The number of carbonyl (C=O) groups excluding carboxylic acids is 2. The fraction of sp³-hybridized carbons (Fsp3) is 0.200. The zero-order valence-electron chi connectivity index (χ0n) is 14.5. The summed E-state index contributed by atoms with van der Waals surface area (Å²) in [5.74, 6) is -0.771. The van der Waals surface area contributed by atoms with Crippen LogP contribution in [0.25, 0.3) is 10.1 Å². The van der Waals surface area contributed by atoms with Crippen LogP contribution in [0.2, 0.25) is 0 Å². The van der Waals surface area contributed by atoms with Gasteiger partial charge in [0.05, 0.1) is 19.2 Å². The Morgan fingerprint density at radius 2 is 1.77 bits per heavy atom. The van der Waals surface area contributed by atoms with E-state index in [1.165, 1.54) is 30.6 Å². The van der Waals surface area contributed by atoms with E-state index in [9.17, 15) is 14.7 Å². The van der Waals surface area contributed by atoms with Crippen molar-refractivity contribution in [3.63, 3.8) is 0 Å². The number of nitrogens with one attached hydrogen (secondary N) is 1. The lowest BCUT2D eigenvalue weighted by Gasteiger charge is -2.22. The zero-order chi connectivity index (χ0) is 18.7. The zero-order valence-corrected chi connectivity index (χ0v) is 15.3. The Balaban J connectivity index is 1.68. The van der Waals surface area contributed by atoms with Gasteiger partial charge in [0.15, 0.2) is 0 Å². The molecule has 6 heteroatoms. The number of carbonyl (C=O) groups is 2. The van der Waals surface area contributed by atoms with E-state index < -0.39 is 11.6 Å². The summed E-state index contributed by atoms with van der Waals surface area (Å²) in [7, 11) is 1.30. The third-order valence-electron chi connectivity index (χ3n) is 4.12. The van der Waals surface area contributed by atoms with Gasteiger partial charge in [0, 0.05) is 15.1 Å². The van der Waals surface area contributed by atoms with Crippen molar-refractivity contribution in [1.29, 1.82) is 0 Å². The largest absolute Gasteiger partial charge is 0.465 e. The molecule has 134 valence electrons. The third-order valence-corrected chi connectivity index (χ3v) is 5.49. The highest BCUT2D eigenvalue weighted by Crippen LogP contribution is 2.32. The second-order valence-corrected chi connectivity index (χ2v) is 7.26. The molecule has 5 nitrogen and oxygen atoms in total. The summed E-state index contributed by atoms with van der Waals surface area (Å²) in [6.07, 6.45) is 0. The third kappa shape index (κ3) is 3.76. The Morgan fingerprint density at radius 3 is 2.42 bits per heavy atom. The van der Waals surface area contributed by atoms with Gasteiger partial charge in [-0.3, -0.25) is 4.79 Å². The molecule has 0 fully saturated rings. The van der Waals surface area contributed by atoms with Crippen molar-refractivity contribution in [2.24, 2.45) is 0 Å². The molecule has 0 saturated carbocycles. The van der Waals surface area contributed by atoms with Crippen LogP contribution in [0.4, 0.5) is 0 Å². The van der Waals surface area contributed by atoms with Crippen molar-refractivity contribution < 1.29 is 19.4 Å². The molecule has 2 N–H and O–H groups in total. The summed E-state index contributed by atoms with van der Waals surface area (Å²) in [6, 6.07) is 16.0. The second-order valence-electron chi connectivity index (χ2n) is 6.17. The number of fused-ring (bicyclic) bond motifs is 1. The summed E-state index contributed by atoms with van der Waals surface area (Å²) in [5.41, 5.74) is -0.392. The van der Waals surface area contributed by atoms with Crippen molar-refractivity contribution in [3.8, 4) is 0 Å². The molecule has 1 heterocycles. The molecule has 3 rings (SSSR count). The highest BCUT2D eigenvalue weighted by molar-refractivity contribution is 7.19. The van der Waals surface area contributed by atoms with E-state index in [0.29, 0.717) is 11.1 Å². The van der Waals surface area contributed by atoms with Gasteiger partial charge in [0.25, 0.3) is 5.91 Å². The maximum absolute atomic E-state index is 12.3. The van der Waals surface area contributed by atoms with Gasteiger partial charge >= 0.3 is 5.97 Å². The van der Waals surface area contributed by atoms with Gasteiger partial charge in [0.2, 0.25) is 0 Å². The predicted octanol–water partition coefficient (Wildman–Crippen LogP) is 3.33. The SMILES string of the molecule is COC(=O)c1ccc(C(=O)NCC(C)(O)c2cc3ccccc3s2)cc1. The Labute approximate surface area is 155 Å². The molecule has 0 spiro atoms. The van der Waals surface area contributed by atoms with Gasteiger partial charge in [-0.2, -0.15) is 0 Å². The number of aliphatic hydroxyl groups is 1. The van der Waals surface area contributed by atoms with Gasteiger partial charge in [0.1, 0.15) is 5.60 Å². The number of ether oxygens (including phenoxy) is 1. The van der Waals surface area contributed by atoms with E-state index in [1.54, 1.807) is 19.1 Å². The quantitative estimate of drug-likeness (QED) is 0.677. The average Bonchev–Trinajstić information content (AvgIpc) is 3.11. The molecule has 1 unspecified atom stereocenters. The lowest BCUT2D eigenvalue weighted by atomic mass is 10.0. The van der Waals surface area contributed by atoms with Crippen LogP contribution in [0.3, 0.4) is 0 Å². The predicted molar refractivity (Wildman–Crippen MR) is 102 cm³/mol. The number of hydrogen-bond donors (Lipinski definition) is 2. The van der Waals surface area contributed by atoms with Crippen molar-refractivity contribution in [2.45, 2.75) is 12.5 Å². The van der Waals surface area contributed by atoms with Gasteiger partial charge in [-0.15, -0.1) is 11.3 Å². The van der Waals surface area contributed by atoms with Crippen LogP contribution in [0.15, 0.2) is 54.6 Å². The maximum Gasteiger partial charge on any atom is 0.337 e. The molecule has 0 bridgehead atoms. The van der Waals surface area contributed by atoms with Crippen LogP contribution in [-0.2, 0) is 10.3 Å². The minimum atomic E-state index is -1.18. The standard InChI is InChI=1S/C20H19NO4S/c1-20(24,17-11-15-5-3-4-6-16(15)26-17)12-21-18(22)13-7-9-14(10-8-13)19(23)25-2/h3-11,24H,12H2,1-2H3,(H,21,22). The molecule has 0 radical (unpaired) electrons. The number of amides is 1. The topological polar surface area (TPSA) is 75.6 Å². The first-order chi connectivity index (χ1) is 12.4. The molecule has 3 aromatic rings. The van der Waals surface area contributed by atoms with Crippen LogP contribution < -0.4 is 5.32 Å². The summed E-state index contributed by atoms with van der Waals surface area (Å²) in [5, 5.41) is 14.6. The summed E-state index contributed by atoms with van der Waals surface area (Å²) in [6.45, 7) is 1.76. The Hall–Kier alpha value is -2.70. The fourth-order valence-corrected chi connectivity index (χ4v) is 3.67. The molecule has 0 aliphatic rings. The first-order valence-electron chi connectivity index (χ1n) is 8.09. The summed E-state index contributed by atoms with van der Waals surface area (Å²) < 4.78 is 5.72. The lowest BCUT2D eigenvalue weighted by Crippen LogP contribution is -2.38. The van der Waals surface area contributed by atoms with E-state index in [1.807, 2.05) is 30.3 Å². The molecule has 0 aliphatic heterocycles. The van der Waals surface area contributed by atoms with Gasteiger partial charge in [-0.05, 0) is 48.7 Å². The Kier molecular flexibility index (Phi) is 5.06. The fourth-order valence-electron chi connectivity index (χ4n) is 2.56. The lowest BCUT2D eigenvalue weighted by molar-refractivity contribution is 0.0557. The number of rotatable bonds is 5. The Bertz CT molecular complexity index is 911. The number of hydrogen-bond acceptors (Lipinski definition) is 5. The van der Waals surface area contributed by atoms with Crippen LogP contribution in [-0.4, -0.2) is 30.6 Å². The van der Waals surface area contributed by atoms with E-state index in [0.717, 1.165) is 15.0 Å². The number of methoxy groups -OCH3 is 1.